The molecule has 0 radical (unpaired) electrons. The predicted molar refractivity (Wildman–Crippen MR) is 65.3 cm³/mol. The molecule has 0 bridgehead atoms. The van der Waals surface area contributed by atoms with Gasteiger partial charge in [-0.1, -0.05) is 30.3 Å². The summed E-state index contributed by atoms with van der Waals surface area (Å²) in [6.07, 6.45) is 3.37. The van der Waals surface area contributed by atoms with Crippen LogP contribution in [0.1, 0.15) is 18.4 Å². The fourth-order valence-electron chi connectivity index (χ4n) is 2.69. The highest BCUT2D eigenvalue weighted by atomic mass is 16.6. The van der Waals surface area contributed by atoms with Crippen molar-refractivity contribution in [3.63, 3.8) is 0 Å². The van der Waals surface area contributed by atoms with Gasteiger partial charge in [0.25, 0.3) is 0 Å². The second-order valence-corrected chi connectivity index (χ2v) is 4.59. The number of carbonyl (C=O) groups excluding carboxylic acids is 1. The van der Waals surface area contributed by atoms with E-state index in [1.54, 1.807) is 6.08 Å². The zero-order valence-corrected chi connectivity index (χ0v) is 9.61. The van der Waals surface area contributed by atoms with Crippen LogP contribution in [0.25, 0.3) is 5.57 Å². The third-order valence-corrected chi connectivity index (χ3v) is 3.55. The average Bonchev–Trinajstić information content (AvgIpc) is 2.68. The Morgan fingerprint density at radius 1 is 1.12 bits per heavy atom. The van der Waals surface area contributed by atoms with E-state index in [0.717, 1.165) is 37.1 Å². The maximum absolute atomic E-state index is 11.6. The van der Waals surface area contributed by atoms with Crippen LogP contribution < -0.4 is 5.32 Å². The summed E-state index contributed by atoms with van der Waals surface area (Å²) in [7, 11) is 0. The third-order valence-electron chi connectivity index (χ3n) is 3.55. The van der Waals surface area contributed by atoms with Crippen molar-refractivity contribution in [2.45, 2.75) is 18.4 Å². The highest BCUT2D eigenvalue weighted by molar-refractivity contribution is 5.98. The first kappa shape index (κ1) is 10.5. The molecular weight excluding hydrogens is 214 g/mol. The lowest BCUT2D eigenvalue weighted by Gasteiger charge is -2.35. The fourth-order valence-corrected chi connectivity index (χ4v) is 2.69. The molecule has 1 aromatic rings. The molecule has 1 fully saturated rings. The van der Waals surface area contributed by atoms with Crippen LogP contribution in [0.5, 0.6) is 0 Å². The molecule has 0 amide bonds. The van der Waals surface area contributed by atoms with Gasteiger partial charge < -0.3 is 10.1 Å². The van der Waals surface area contributed by atoms with Crippen molar-refractivity contribution in [2.75, 3.05) is 13.1 Å². The van der Waals surface area contributed by atoms with E-state index in [0.29, 0.717) is 0 Å². The molecule has 1 N–H and O–H groups in total. The molecule has 3 nitrogen and oxygen atoms in total. The highest BCUT2D eigenvalue weighted by Crippen LogP contribution is 2.41. The molecule has 88 valence electrons. The van der Waals surface area contributed by atoms with Gasteiger partial charge >= 0.3 is 5.97 Å². The van der Waals surface area contributed by atoms with Crippen LogP contribution in [-0.4, -0.2) is 24.7 Å². The Bertz CT molecular complexity index is 458. The summed E-state index contributed by atoms with van der Waals surface area (Å²) in [6.45, 7) is 1.80. The molecule has 1 aromatic carbocycles. The highest BCUT2D eigenvalue weighted by Gasteiger charge is 2.44. The summed E-state index contributed by atoms with van der Waals surface area (Å²) < 4.78 is 5.59. The molecule has 1 spiro atoms. The Labute approximate surface area is 100 Å². The maximum atomic E-state index is 11.6. The van der Waals surface area contributed by atoms with Gasteiger partial charge in [-0.2, -0.15) is 0 Å². The Morgan fingerprint density at radius 3 is 2.53 bits per heavy atom. The van der Waals surface area contributed by atoms with E-state index in [1.165, 1.54) is 0 Å². The lowest BCUT2D eigenvalue weighted by atomic mass is 9.82. The van der Waals surface area contributed by atoms with Crippen molar-refractivity contribution in [2.24, 2.45) is 0 Å². The van der Waals surface area contributed by atoms with Crippen molar-refractivity contribution < 1.29 is 9.53 Å². The molecule has 3 heteroatoms. The first-order chi connectivity index (χ1) is 8.30. The SMILES string of the molecule is O=C1C=C(c2ccccc2)C2(CCNCC2)O1. The summed E-state index contributed by atoms with van der Waals surface area (Å²) in [6, 6.07) is 10.0. The van der Waals surface area contributed by atoms with E-state index in [-0.39, 0.29) is 11.6 Å². The number of esters is 1. The number of carbonyl (C=O) groups is 1. The molecule has 1 saturated heterocycles. The van der Waals surface area contributed by atoms with Crippen LogP contribution in [-0.2, 0) is 9.53 Å². The fraction of sp³-hybridized carbons (Fsp3) is 0.357. The molecule has 2 aliphatic rings. The number of hydrogen-bond acceptors (Lipinski definition) is 3. The smallest absolute Gasteiger partial charge is 0.332 e. The minimum Gasteiger partial charge on any atom is -0.451 e. The van der Waals surface area contributed by atoms with E-state index in [2.05, 4.69) is 5.32 Å². The van der Waals surface area contributed by atoms with Crippen LogP contribution in [0.3, 0.4) is 0 Å². The van der Waals surface area contributed by atoms with E-state index >= 15 is 0 Å². The Balaban J connectivity index is 2.01. The van der Waals surface area contributed by atoms with Gasteiger partial charge in [0.15, 0.2) is 0 Å². The zero-order valence-electron chi connectivity index (χ0n) is 9.61. The number of benzene rings is 1. The number of piperidine rings is 1. The first-order valence-electron chi connectivity index (χ1n) is 6.01. The summed E-state index contributed by atoms with van der Waals surface area (Å²) in [4.78, 5) is 11.6. The Morgan fingerprint density at radius 2 is 1.82 bits per heavy atom. The largest absolute Gasteiger partial charge is 0.451 e. The van der Waals surface area contributed by atoms with Crippen molar-refractivity contribution in [1.82, 2.24) is 5.32 Å². The van der Waals surface area contributed by atoms with Gasteiger partial charge in [-0.05, 0) is 18.7 Å². The lowest BCUT2D eigenvalue weighted by Crippen LogP contribution is -2.43. The van der Waals surface area contributed by atoms with Crippen LogP contribution in [0.2, 0.25) is 0 Å². The molecule has 0 aromatic heterocycles. The van der Waals surface area contributed by atoms with Crippen LogP contribution in [0.15, 0.2) is 36.4 Å². The lowest BCUT2D eigenvalue weighted by molar-refractivity contribution is -0.146. The Hall–Kier alpha value is -1.61. The summed E-state index contributed by atoms with van der Waals surface area (Å²) in [5.41, 5.74) is 1.76. The molecule has 17 heavy (non-hydrogen) atoms. The van der Waals surface area contributed by atoms with E-state index in [9.17, 15) is 4.79 Å². The zero-order chi connectivity index (χ0) is 11.7. The van der Waals surface area contributed by atoms with Gasteiger partial charge in [-0.3, -0.25) is 0 Å². The normalized spacial score (nSPS) is 22.4. The van der Waals surface area contributed by atoms with Crippen LogP contribution in [0, 0.1) is 0 Å². The van der Waals surface area contributed by atoms with Crippen LogP contribution in [0.4, 0.5) is 0 Å². The second kappa shape index (κ2) is 4.00. The molecule has 0 saturated carbocycles. The maximum Gasteiger partial charge on any atom is 0.332 e. The number of nitrogens with one attached hydrogen (secondary N) is 1. The first-order valence-corrected chi connectivity index (χ1v) is 6.01. The van der Waals surface area contributed by atoms with Gasteiger partial charge in [-0.15, -0.1) is 0 Å². The van der Waals surface area contributed by atoms with Gasteiger partial charge in [0.05, 0.1) is 0 Å². The molecule has 3 rings (SSSR count). The summed E-state index contributed by atoms with van der Waals surface area (Å²) in [5, 5.41) is 3.30. The molecule has 0 unspecified atom stereocenters. The minimum atomic E-state index is -0.385. The standard InChI is InChI=1S/C14H15NO2/c16-13-10-12(11-4-2-1-3-5-11)14(17-13)6-8-15-9-7-14/h1-5,10,15H,6-9H2. The van der Waals surface area contributed by atoms with Gasteiger partial charge in [0.1, 0.15) is 5.60 Å². The summed E-state index contributed by atoms with van der Waals surface area (Å²) >= 11 is 0. The third kappa shape index (κ3) is 1.76. The van der Waals surface area contributed by atoms with Gasteiger partial charge in [0.2, 0.25) is 0 Å². The average molecular weight is 229 g/mol. The van der Waals surface area contributed by atoms with Crippen molar-refractivity contribution >= 4 is 11.5 Å². The second-order valence-electron chi connectivity index (χ2n) is 4.59. The van der Waals surface area contributed by atoms with E-state index < -0.39 is 0 Å². The Kier molecular flexibility index (Phi) is 2.48. The molecule has 2 heterocycles. The van der Waals surface area contributed by atoms with E-state index in [4.69, 9.17) is 4.74 Å². The van der Waals surface area contributed by atoms with Gasteiger partial charge in [0, 0.05) is 24.5 Å². The van der Waals surface area contributed by atoms with Gasteiger partial charge in [-0.25, -0.2) is 4.79 Å². The minimum absolute atomic E-state index is 0.203. The van der Waals surface area contributed by atoms with Crippen LogP contribution >= 0.6 is 0 Å². The molecule has 0 atom stereocenters. The van der Waals surface area contributed by atoms with Crippen molar-refractivity contribution in [1.29, 1.82) is 0 Å². The quantitative estimate of drug-likeness (QED) is 0.746. The molecule has 2 aliphatic heterocycles. The van der Waals surface area contributed by atoms with Crippen molar-refractivity contribution in [3.8, 4) is 0 Å². The number of rotatable bonds is 1. The van der Waals surface area contributed by atoms with E-state index in [1.807, 2.05) is 30.3 Å². The predicted octanol–water partition coefficient (Wildman–Crippen LogP) is 1.75. The number of hydrogen-bond donors (Lipinski definition) is 1. The molecule has 0 aliphatic carbocycles. The number of ether oxygens (including phenoxy) is 1. The monoisotopic (exact) mass is 229 g/mol. The molecular formula is C14H15NO2. The topological polar surface area (TPSA) is 38.3 Å². The summed E-state index contributed by atoms with van der Waals surface area (Å²) in [5.74, 6) is -0.203. The van der Waals surface area contributed by atoms with Crippen molar-refractivity contribution in [3.05, 3.63) is 42.0 Å².